The van der Waals surface area contributed by atoms with Crippen molar-refractivity contribution in [2.75, 3.05) is 0 Å². The van der Waals surface area contributed by atoms with E-state index in [4.69, 9.17) is 0 Å². The van der Waals surface area contributed by atoms with Gasteiger partial charge in [0.25, 0.3) is 0 Å². The monoisotopic (exact) mass is 353 g/mol. The summed E-state index contributed by atoms with van der Waals surface area (Å²) in [7, 11) is 0. The maximum absolute atomic E-state index is 9.72. The molecule has 0 spiro atoms. The van der Waals surface area contributed by atoms with Gasteiger partial charge in [0.1, 0.15) is 0 Å². The highest BCUT2D eigenvalue weighted by Gasteiger charge is 2.27. The number of nitriles is 1. The molecule has 1 atom stereocenters. The second kappa shape index (κ2) is 12.2. The number of hydrogen-bond acceptors (Lipinski definition) is 1. The summed E-state index contributed by atoms with van der Waals surface area (Å²) in [5, 5.41) is 9.72. The van der Waals surface area contributed by atoms with Gasteiger partial charge < -0.3 is 0 Å². The van der Waals surface area contributed by atoms with Gasteiger partial charge in [-0.1, -0.05) is 95.9 Å². The molecule has 0 N–H and O–H groups in total. The molecule has 1 unspecified atom stereocenters. The molecule has 1 aromatic rings. The molecule has 0 saturated heterocycles. The molecule has 1 fully saturated rings. The zero-order chi connectivity index (χ0) is 18.6. The van der Waals surface area contributed by atoms with Crippen molar-refractivity contribution < 1.29 is 0 Å². The van der Waals surface area contributed by atoms with Crippen LogP contribution in [0.15, 0.2) is 24.3 Å². The van der Waals surface area contributed by atoms with Gasteiger partial charge in [-0.3, -0.25) is 0 Å². The van der Waals surface area contributed by atoms with Crippen molar-refractivity contribution in [1.82, 2.24) is 0 Å². The van der Waals surface area contributed by atoms with Crippen LogP contribution in [0.1, 0.15) is 95.6 Å². The van der Waals surface area contributed by atoms with Gasteiger partial charge in [-0.25, -0.2) is 0 Å². The van der Waals surface area contributed by atoms with Crippen molar-refractivity contribution in [3.8, 4) is 6.07 Å². The van der Waals surface area contributed by atoms with E-state index in [2.05, 4.69) is 44.2 Å². The lowest BCUT2D eigenvalue weighted by molar-refractivity contribution is 0.220. The van der Waals surface area contributed by atoms with Crippen LogP contribution in [-0.4, -0.2) is 0 Å². The summed E-state index contributed by atoms with van der Waals surface area (Å²) in [4.78, 5) is 0. The van der Waals surface area contributed by atoms with Crippen LogP contribution >= 0.6 is 0 Å². The van der Waals surface area contributed by atoms with E-state index in [9.17, 15) is 5.26 Å². The molecular formula is C25H39N. The largest absolute Gasteiger partial charge is 0.198 e. The summed E-state index contributed by atoms with van der Waals surface area (Å²) in [6, 6.07) is 11.6. The van der Waals surface area contributed by atoms with E-state index in [1.165, 1.54) is 81.8 Å². The van der Waals surface area contributed by atoms with Gasteiger partial charge in [0.15, 0.2) is 0 Å². The number of rotatable bonds is 11. The minimum atomic E-state index is 0.206. The lowest BCUT2D eigenvalue weighted by Gasteiger charge is -2.31. The Labute approximate surface area is 162 Å². The Bertz CT molecular complexity index is 516. The lowest BCUT2D eigenvalue weighted by atomic mass is 9.73. The van der Waals surface area contributed by atoms with E-state index in [-0.39, 0.29) is 5.92 Å². The lowest BCUT2D eigenvalue weighted by Crippen LogP contribution is -2.22. The Kier molecular flexibility index (Phi) is 9.83. The molecule has 1 heteroatoms. The number of unbranched alkanes of at least 4 members (excludes halogenated alkanes) is 4. The number of hydrogen-bond donors (Lipinski definition) is 0. The molecule has 1 aliphatic carbocycles. The first kappa shape index (κ1) is 21.0. The fourth-order valence-electron chi connectivity index (χ4n) is 4.62. The van der Waals surface area contributed by atoms with E-state index < -0.39 is 0 Å². The molecule has 1 aliphatic rings. The van der Waals surface area contributed by atoms with Gasteiger partial charge in [-0.05, 0) is 48.6 Å². The van der Waals surface area contributed by atoms with Crippen molar-refractivity contribution in [2.24, 2.45) is 17.8 Å². The normalized spacial score (nSPS) is 21.3. The summed E-state index contributed by atoms with van der Waals surface area (Å²) in [5.74, 6) is 1.75. The van der Waals surface area contributed by atoms with Crippen molar-refractivity contribution >= 4 is 0 Å². The third-order valence-corrected chi connectivity index (χ3v) is 6.36. The highest BCUT2D eigenvalue weighted by atomic mass is 14.4. The van der Waals surface area contributed by atoms with Crippen molar-refractivity contribution in [3.63, 3.8) is 0 Å². The number of aryl methyl sites for hydroxylation is 1. The fraction of sp³-hybridized carbons (Fsp3) is 0.720. The van der Waals surface area contributed by atoms with Crippen LogP contribution in [0.5, 0.6) is 0 Å². The van der Waals surface area contributed by atoms with E-state index in [0.717, 1.165) is 18.8 Å². The Morgan fingerprint density at radius 1 is 0.885 bits per heavy atom. The first-order valence-corrected chi connectivity index (χ1v) is 11.2. The predicted octanol–water partition coefficient (Wildman–Crippen LogP) is 7.49. The van der Waals surface area contributed by atoms with Crippen LogP contribution in [0, 0.1) is 29.1 Å². The molecule has 0 radical (unpaired) electrons. The summed E-state index contributed by atoms with van der Waals surface area (Å²) < 4.78 is 0. The fourth-order valence-corrected chi connectivity index (χ4v) is 4.62. The predicted molar refractivity (Wildman–Crippen MR) is 112 cm³/mol. The van der Waals surface area contributed by atoms with Crippen molar-refractivity contribution in [2.45, 2.75) is 97.3 Å². The van der Waals surface area contributed by atoms with E-state index in [1.54, 1.807) is 0 Å². The second-order valence-corrected chi connectivity index (χ2v) is 8.49. The van der Waals surface area contributed by atoms with Gasteiger partial charge in [0, 0.05) is 0 Å². The molecule has 1 saturated carbocycles. The molecule has 0 aliphatic heterocycles. The van der Waals surface area contributed by atoms with Crippen LogP contribution < -0.4 is 0 Å². The molecule has 0 heterocycles. The minimum Gasteiger partial charge on any atom is -0.198 e. The first-order chi connectivity index (χ1) is 12.8. The summed E-state index contributed by atoms with van der Waals surface area (Å²) >= 11 is 0. The standard InChI is InChI=1S/C25H39N/c1-3-5-6-7-8-10-22-15-17-24(18-16-22)25(20-26)19-23-13-11-21(9-4-2)12-14-23/h11-14,22,24-25H,3-10,15-19H2,1-2H3. The Hall–Kier alpha value is -1.29. The van der Waals surface area contributed by atoms with Gasteiger partial charge in [-0.15, -0.1) is 0 Å². The first-order valence-electron chi connectivity index (χ1n) is 11.2. The molecule has 0 aromatic heterocycles. The van der Waals surface area contributed by atoms with Gasteiger partial charge in [-0.2, -0.15) is 5.26 Å². The Balaban J connectivity index is 1.73. The average Bonchev–Trinajstić information content (AvgIpc) is 2.68. The van der Waals surface area contributed by atoms with Crippen molar-refractivity contribution in [3.05, 3.63) is 35.4 Å². The molecule has 144 valence electrons. The highest BCUT2D eigenvalue weighted by molar-refractivity contribution is 5.23. The summed E-state index contributed by atoms with van der Waals surface area (Å²) in [5.41, 5.74) is 2.76. The molecular weight excluding hydrogens is 314 g/mol. The highest BCUT2D eigenvalue weighted by Crippen LogP contribution is 2.36. The van der Waals surface area contributed by atoms with Crippen LogP contribution in [0.3, 0.4) is 0 Å². The topological polar surface area (TPSA) is 23.8 Å². The maximum Gasteiger partial charge on any atom is 0.0662 e. The van der Waals surface area contributed by atoms with Crippen LogP contribution in [0.2, 0.25) is 0 Å². The Morgan fingerprint density at radius 3 is 2.15 bits per heavy atom. The summed E-state index contributed by atoms with van der Waals surface area (Å²) in [6.45, 7) is 4.51. The van der Waals surface area contributed by atoms with E-state index >= 15 is 0 Å². The molecule has 1 nitrogen and oxygen atoms in total. The smallest absolute Gasteiger partial charge is 0.0662 e. The van der Waals surface area contributed by atoms with Gasteiger partial charge >= 0.3 is 0 Å². The second-order valence-electron chi connectivity index (χ2n) is 8.49. The van der Waals surface area contributed by atoms with Gasteiger partial charge in [0.05, 0.1) is 12.0 Å². The Morgan fingerprint density at radius 2 is 1.54 bits per heavy atom. The van der Waals surface area contributed by atoms with Crippen molar-refractivity contribution in [1.29, 1.82) is 5.26 Å². The van der Waals surface area contributed by atoms with E-state index in [1.807, 2.05) is 0 Å². The maximum atomic E-state index is 9.72. The third-order valence-electron chi connectivity index (χ3n) is 6.36. The number of nitrogens with zero attached hydrogens (tertiary/aromatic N) is 1. The van der Waals surface area contributed by atoms with Crippen LogP contribution in [-0.2, 0) is 12.8 Å². The summed E-state index contributed by atoms with van der Waals surface area (Å²) in [6.07, 6.45) is 16.9. The zero-order valence-corrected chi connectivity index (χ0v) is 17.2. The van der Waals surface area contributed by atoms with Crippen LogP contribution in [0.25, 0.3) is 0 Å². The average molecular weight is 354 g/mol. The van der Waals surface area contributed by atoms with E-state index in [0.29, 0.717) is 5.92 Å². The molecule has 0 amide bonds. The number of benzene rings is 1. The van der Waals surface area contributed by atoms with Gasteiger partial charge in [0.2, 0.25) is 0 Å². The SMILES string of the molecule is CCCCCCCC1CCC(C(C#N)Cc2ccc(CCC)cc2)CC1. The zero-order valence-electron chi connectivity index (χ0n) is 17.2. The quantitative estimate of drug-likeness (QED) is 0.378. The van der Waals surface area contributed by atoms with Crippen LogP contribution in [0.4, 0.5) is 0 Å². The molecule has 0 bridgehead atoms. The molecule has 2 rings (SSSR count). The molecule has 26 heavy (non-hydrogen) atoms. The third kappa shape index (κ3) is 7.14. The minimum absolute atomic E-state index is 0.206. The molecule has 1 aromatic carbocycles.